The van der Waals surface area contributed by atoms with Gasteiger partial charge in [0.2, 0.25) is 10.0 Å². The van der Waals surface area contributed by atoms with Gasteiger partial charge in [-0.15, -0.1) is 0 Å². The number of aryl methyl sites for hydroxylation is 1. The molecule has 5 heteroatoms. The fraction of sp³-hybridized carbons (Fsp3) is 0.235. The molecule has 0 bridgehead atoms. The fourth-order valence-corrected chi connectivity index (χ4v) is 4.03. The van der Waals surface area contributed by atoms with Crippen LogP contribution < -0.4 is 0 Å². The number of carbonyl (C=O) groups is 1. The van der Waals surface area contributed by atoms with Crippen molar-refractivity contribution >= 4 is 15.8 Å². The first-order valence-corrected chi connectivity index (χ1v) is 8.80. The Bertz CT molecular complexity index is 785. The van der Waals surface area contributed by atoms with Crippen LogP contribution in [0.1, 0.15) is 21.5 Å². The van der Waals surface area contributed by atoms with Gasteiger partial charge in [-0.1, -0.05) is 54.6 Å². The molecule has 0 aliphatic carbocycles. The standard InChI is InChI=1S/C17H17NO3S/c19-17(15-7-2-1-3-8-15)13-18-12-16-9-5-4-6-14(16)10-11-22(18,20)21/h1-9H,10-13H2. The molecule has 114 valence electrons. The van der Waals surface area contributed by atoms with Crippen LogP contribution in [0.15, 0.2) is 54.6 Å². The number of Topliss-reactive ketones (excluding diaryl/α,β-unsaturated/α-hetero) is 1. The molecule has 2 aromatic rings. The first-order valence-electron chi connectivity index (χ1n) is 7.19. The molecule has 1 aliphatic heterocycles. The summed E-state index contributed by atoms with van der Waals surface area (Å²) in [5.41, 5.74) is 2.56. The molecule has 0 radical (unpaired) electrons. The Morgan fingerprint density at radius 3 is 2.32 bits per heavy atom. The van der Waals surface area contributed by atoms with Crippen molar-refractivity contribution in [2.24, 2.45) is 0 Å². The van der Waals surface area contributed by atoms with Gasteiger partial charge in [0.25, 0.3) is 0 Å². The van der Waals surface area contributed by atoms with E-state index in [0.717, 1.165) is 11.1 Å². The Balaban J connectivity index is 1.87. The second-order valence-corrected chi connectivity index (χ2v) is 7.48. The molecule has 22 heavy (non-hydrogen) atoms. The van der Waals surface area contributed by atoms with Crippen LogP contribution in [0.3, 0.4) is 0 Å². The van der Waals surface area contributed by atoms with Gasteiger partial charge in [0.1, 0.15) is 0 Å². The Kier molecular flexibility index (Phi) is 4.09. The first kappa shape index (κ1) is 14.9. The number of sulfonamides is 1. The van der Waals surface area contributed by atoms with E-state index in [1.54, 1.807) is 24.3 Å². The Labute approximate surface area is 130 Å². The lowest BCUT2D eigenvalue weighted by Gasteiger charge is -2.19. The lowest BCUT2D eigenvalue weighted by atomic mass is 10.1. The van der Waals surface area contributed by atoms with Crippen LogP contribution in [0.5, 0.6) is 0 Å². The Hall–Kier alpha value is -1.98. The summed E-state index contributed by atoms with van der Waals surface area (Å²) in [6, 6.07) is 16.5. The van der Waals surface area contributed by atoms with E-state index in [2.05, 4.69) is 0 Å². The molecule has 0 saturated heterocycles. The van der Waals surface area contributed by atoms with Crippen molar-refractivity contribution in [1.82, 2.24) is 4.31 Å². The van der Waals surface area contributed by atoms with Crippen molar-refractivity contribution in [3.05, 3.63) is 71.3 Å². The summed E-state index contributed by atoms with van der Waals surface area (Å²) in [5.74, 6) is -0.130. The molecule has 0 aromatic heterocycles. The zero-order chi connectivity index (χ0) is 15.6. The minimum absolute atomic E-state index is 0.0477. The fourth-order valence-electron chi connectivity index (χ4n) is 2.64. The quantitative estimate of drug-likeness (QED) is 0.816. The number of hydrogen-bond donors (Lipinski definition) is 0. The van der Waals surface area contributed by atoms with Crippen molar-refractivity contribution < 1.29 is 13.2 Å². The highest BCUT2D eigenvalue weighted by Crippen LogP contribution is 2.21. The van der Waals surface area contributed by atoms with Gasteiger partial charge in [-0.05, 0) is 17.5 Å². The molecule has 2 aromatic carbocycles. The molecule has 0 fully saturated rings. The molecule has 3 rings (SSSR count). The third-order valence-corrected chi connectivity index (χ3v) is 5.67. The normalized spacial score (nSPS) is 17.5. The Morgan fingerprint density at radius 2 is 1.59 bits per heavy atom. The van der Waals surface area contributed by atoms with Crippen molar-refractivity contribution in [1.29, 1.82) is 0 Å². The van der Waals surface area contributed by atoms with Crippen molar-refractivity contribution in [2.75, 3.05) is 12.3 Å². The molecule has 0 amide bonds. The minimum atomic E-state index is -3.42. The maximum absolute atomic E-state index is 12.4. The van der Waals surface area contributed by atoms with Crippen LogP contribution in [0.4, 0.5) is 0 Å². The Morgan fingerprint density at radius 1 is 0.955 bits per heavy atom. The van der Waals surface area contributed by atoms with Gasteiger partial charge in [0.15, 0.2) is 5.78 Å². The molecule has 0 unspecified atom stereocenters. The maximum Gasteiger partial charge on any atom is 0.215 e. The van der Waals surface area contributed by atoms with Gasteiger partial charge < -0.3 is 0 Å². The van der Waals surface area contributed by atoms with E-state index in [1.165, 1.54) is 4.31 Å². The minimum Gasteiger partial charge on any atom is -0.293 e. The van der Waals surface area contributed by atoms with E-state index < -0.39 is 10.0 Å². The molecule has 1 heterocycles. The van der Waals surface area contributed by atoms with Gasteiger partial charge in [-0.2, -0.15) is 4.31 Å². The number of nitrogens with zero attached hydrogens (tertiary/aromatic N) is 1. The predicted octanol–water partition coefficient (Wildman–Crippen LogP) is 2.26. The molecule has 0 saturated carbocycles. The number of hydrogen-bond acceptors (Lipinski definition) is 3. The molecule has 4 nitrogen and oxygen atoms in total. The van der Waals surface area contributed by atoms with Crippen LogP contribution in [-0.4, -0.2) is 30.8 Å². The van der Waals surface area contributed by atoms with E-state index in [1.807, 2.05) is 30.3 Å². The van der Waals surface area contributed by atoms with Crippen LogP contribution in [0, 0.1) is 0 Å². The summed E-state index contributed by atoms with van der Waals surface area (Å²) in [5, 5.41) is 0. The van der Waals surface area contributed by atoms with Crippen LogP contribution in [0.2, 0.25) is 0 Å². The predicted molar refractivity (Wildman–Crippen MR) is 85.1 cm³/mol. The van der Waals surface area contributed by atoms with Crippen molar-refractivity contribution in [2.45, 2.75) is 13.0 Å². The molecular weight excluding hydrogens is 298 g/mol. The molecular formula is C17H17NO3S. The number of ketones is 1. The SMILES string of the molecule is O=C(CN1Cc2ccccc2CCS1(=O)=O)c1ccccc1. The number of rotatable bonds is 3. The molecule has 0 atom stereocenters. The summed E-state index contributed by atoms with van der Waals surface area (Å²) in [6.45, 7) is 0.151. The monoisotopic (exact) mass is 315 g/mol. The average Bonchev–Trinajstić information content (AvgIpc) is 2.65. The van der Waals surface area contributed by atoms with Crippen molar-refractivity contribution in [3.8, 4) is 0 Å². The second kappa shape index (κ2) is 6.02. The largest absolute Gasteiger partial charge is 0.293 e. The zero-order valence-electron chi connectivity index (χ0n) is 12.1. The highest BCUT2D eigenvalue weighted by molar-refractivity contribution is 7.89. The summed E-state index contributed by atoms with van der Waals surface area (Å²) >= 11 is 0. The van der Waals surface area contributed by atoms with Crippen molar-refractivity contribution in [3.63, 3.8) is 0 Å². The van der Waals surface area contributed by atoms with E-state index in [-0.39, 0.29) is 24.6 Å². The molecule has 0 N–H and O–H groups in total. The number of carbonyl (C=O) groups excluding carboxylic acids is 1. The van der Waals surface area contributed by atoms with Crippen LogP contribution in [0.25, 0.3) is 0 Å². The lowest BCUT2D eigenvalue weighted by Crippen LogP contribution is -2.35. The summed E-state index contributed by atoms with van der Waals surface area (Å²) < 4.78 is 26.1. The van der Waals surface area contributed by atoms with E-state index in [9.17, 15) is 13.2 Å². The van der Waals surface area contributed by atoms with E-state index in [4.69, 9.17) is 0 Å². The van der Waals surface area contributed by atoms with Crippen LogP contribution in [-0.2, 0) is 23.0 Å². The second-order valence-electron chi connectivity index (χ2n) is 5.39. The van der Waals surface area contributed by atoms with Gasteiger partial charge in [-0.25, -0.2) is 8.42 Å². The summed E-state index contributed by atoms with van der Waals surface area (Å²) in [7, 11) is -3.42. The van der Waals surface area contributed by atoms with Gasteiger partial charge in [0.05, 0.1) is 12.3 Å². The van der Waals surface area contributed by atoms with Gasteiger partial charge in [0, 0.05) is 12.1 Å². The molecule has 0 spiro atoms. The smallest absolute Gasteiger partial charge is 0.215 e. The van der Waals surface area contributed by atoms with E-state index in [0.29, 0.717) is 12.0 Å². The highest BCUT2D eigenvalue weighted by atomic mass is 32.2. The lowest BCUT2D eigenvalue weighted by molar-refractivity contribution is 0.0965. The maximum atomic E-state index is 12.4. The third-order valence-electron chi connectivity index (χ3n) is 3.90. The highest BCUT2D eigenvalue weighted by Gasteiger charge is 2.28. The third kappa shape index (κ3) is 3.10. The van der Waals surface area contributed by atoms with E-state index >= 15 is 0 Å². The molecule has 1 aliphatic rings. The van der Waals surface area contributed by atoms with Crippen LogP contribution >= 0.6 is 0 Å². The summed E-state index contributed by atoms with van der Waals surface area (Å²) in [4.78, 5) is 12.3. The number of benzene rings is 2. The van der Waals surface area contributed by atoms with Gasteiger partial charge >= 0.3 is 0 Å². The summed E-state index contributed by atoms with van der Waals surface area (Å²) in [6.07, 6.45) is 0.495. The average molecular weight is 315 g/mol. The number of fused-ring (bicyclic) bond motifs is 1. The van der Waals surface area contributed by atoms with Gasteiger partial charge in [-0.3, -0.25) is 4.79 Å². The topological polar surface area (TPSA) is 54.5 Å². The first-order chi connectivity index (χ1) is 10.6. The zero-order valence-corrected chi connectivity index (χ0v) is 12.9.